The van der Waals surface area contributed by atoms with Crippen LogP contribution in [0.25, 0.3) is 0 Å². The Morgan fingerprint density at radius 2 is 2.11 bits per heavy atom. The van der Waals surface area contributed by atoms with Crippen molar-refractivity contribution >= 4 is 22.2 Å². The van der Waals surface area contributed by atoms with E-state index in [2.05, 4.69) is 16.1 Å². The lowest BCUT2D eigenvalue weighted by Gasteiger charge is -2.14. The molecular formula is C19H20F2N3O2S+. The maximum atomic E-state index is 12.3. The van der Waals surface area contributed by atoms with Crippen LogP contribution in [0, 0.1) is 11.3 Å². The van der Waals surface area contributed by atoms with Gasteiger partial charge in [-0.05, 0) is 49.1 Å². The third-order valence-electron chi connectivity index (χ3n) is 4.40. The van der Waals surface area contributed by atoms with Gasteiger partial charge in [0, 0.05) is 10.4 Å². The lowest BCUT2D eigenvalue weighted by Crippen LogP contribution is -3.08. The molecule has 0 radical (unpaired) electrons. The zero-order chi connectivity index (χ0) is 19.4. The molecule has 5 nitrogen and oxygen atoms in total. The van der Waals surface area contributed by atoms with E-state index in [0.717, 1.165) is 35.3 Å². The molecule has 1 aliphatic carbocycles. The van der Waals surface area contributed by atoms with Gasteiger partial charge in [0.05, 0.1) is 12.6 Å². The first-order valence-electron chi connectivity index (χ1n) is 8.65. The topological polar surface area (TPSA) is 66.6 Å². The van der Waals surface area contributed by atoms with Gasteiger partial charge in [0.15, 0.2) is 6.54 Å². The molecule has 2 N–H and O–H groups in total. The van der Waals surface area contributed by atoms with Crippen LogP contribution in [-0.2, 0) is 24.2 Å². The Hall–Kier alpha value is -2.50. The largest absolute Gasteiger partial charge is 0.435 e. The molecule has 3 rings (SSSR count). The number of fused-ring (bicyclic) bond motifs is 1. The van der Waals surface area contributed by atoms with Crippen LogP contribution in [0.3, 0.4) is 0 Å². The summed E-state index contributed by atoms with van der Waals surface area (Å²) in [6.07, 6.45) is 2.94. The predicted octanol–water partition coefficient (Wildman–Crippen LogP) is 2.36. The normalized spacial score (nSPS) is 13.9. The van der Waals surface area contributed by atoms with E-state index in [1.54, 1.807) is 12.1 Å². The molecule has 0 fully saturated rings. The van der Waals surface area contributed by atoms with Gasteiger partial charge >= 0.3 is 6.61 Å². The van der Waals surface area contributed by atoms with E-state index >= 15 is 0 Å². The van der Waals surface area contributed by atoms with E-state index in [0.29, 0.717) is 17.1 Å². The van der Waals surface area contributed by atoms with Crippen molar-refractivity contribution in [1.82, 2.24) is 0 Å². The highest BCUT2D eigenvalue weighted by atomic mass is 32.1. The zero-order valence-corrected chi connectivity index (χ0v) is 15.7. The van der Waals surface area contributed by atoms with Crippen LogP contribution in [0.4, 0.5) is 13.8 Å². The number of quaternary nitrogens is 1. The van der Waals surface area contributed by atoms with Crippen LogP contribution in [0.2, 0.25) is 0 Å². The monoisotopic (exact) mass is 392 g/mol. The Morgan fingerprint density at radius 3 is 2.78 bits per heavy atom. The number of carbonyl (C=O) groups is 1. The second kappa shape index (κ2) is 8.46. The molecule has 2 aromatic rings. The van der Waals surface area contributed by atoms with E-state index < -0.39 is 6.61 Å². The van der Waals surface area contributed by atoms with Crippen molar-refractivity contribution in [2.24, 2.45) is 0 Å². The first-order valence-corrected chi connectivity index (χ1v) is 9.47. The fraction of sp³-hybridized carbons (Fsp3) is 0.368. The Bertz CT molecular complexity index is 859. The Balaban J connectivity index is 1.54. The second-order valence-corrected chi connectivity index (χ2v) is 7.66. The SMILES string of the molecule is C[NH+](CC(=O)Nc1sc2c(c1C#N)CCC2)Cc1ccc(OC(F)F)cc1. The van der Waals surface area contributed by atoms with Gasteiger partial charge < -0.3 is 15.0 Å². The van der Waals surface area contributed by atoms with E-state index in [9.17, 15) is 18.8 Å². The molecule has 142 valence electrons. The minimum atomic E-state index is -2.84. The third-order valence-corrected chi connectivity index (χ3v) is 5.61. The fourth-order valence-electron chi connectivity index (χ4n) is 3.26. The first-order chi connectivity index (χ1) is 13.0. The Morgan fingerprint density at radius 1 is 1.37 bits per heavy atom. The van der Waals surface area contributed by atoms with E-state index in [1.165, 1.54) is 28.3 Å². The highest BCUT2D eigenvalue weighted by Gasteiger charge is 2.23. The summed E-state index contributed by atoms with van der Waals surface area (Å²) < 4.78 is 28.7. The number of carbonyl (C=O) groups excluding carboxylic acids is 1. The van der Waals surface area contributed by atoms with Gasteiger partial charge in [-0.15, -0.1) is 11.3 Å². The highest BCUT2D eigenvalue weighted by molar-refractivity contribution is 7.16. The van der Waals surface area contributed by atoms with Crippen molar-refractivity contribution in [3.8, 4) is 11.8 Å². The number of hydrogen-bond acceptors (Lipinski definition) is 4. The quantitative estimate of drug-likeness (QED) is 0.760. The second-order valence-electron chi connectivity index (χ2n) is 6.55. The lowest BCUT2D eigenvalue weighted by molar-refractivity contribution is -0.885. The van der Waals surface area contributed by atoms with Crippen LogP contribution < -0.4 is 15.0 Å². The number of amides is 1. The average Bonchev–Trinajstić information content (AvgIpc) is 3.16. The fourth-order valence-corrected chi connectivity index (χ4v) is 4.51. The number of benzene rings is 1. The Labute approximate surface area is 160 Å². The number of nitrogens with zero attached hydrogens (tertiary/aromatic N) is 1. The molecule has 0 saturated carbocycles. The van der Waals surface area contributed by atoms with Gasteiger partial charge in [0.2, 0.25) is 0 Å². The maximum absolute atomic E-state index is 12.3. The third kappa shape index (κ3) is 4.81. The molecule has 1 atom stereocenters. The number of aryl methyl sites for hydroxylation is 1. The molecule has 8 heteroatoms. The number of nitrogens with one attached hydrogen (secondary N) is 2. The maximum Gasteiger partial charge on any atom is 0.387 e. The minimum absolute atomic E-state index is 0.110. The zero-order valence-electron chi connectivity index (χ0n) is 14.9. The smallest absolute Gasteiger partial charge is 0.387 e. The number of likely N-dealkylation sites (N-methyl/N-ethyl adjacent to an activating group) is 1. The summed E-state index contributed by atoms with van der Waals surface area (Å²) >= 11 is 1.50. The molecule has 0 spiro atoms. The molecule has 1 aromatic heterocycles. The minimum Gasteiger partial charge on any atom is -0.435 e. The summed E-state index contributed by atoms with van der Waals surface area (Å²) in [6, 6.07) is 8.60. The highest BCUT2D eigenvalue weighted by Crippen LogP contribution is 2.38. The number of rotatable bonds is 7. The number of alkyl halides is 2. The molecule has 0 bridgehead atoms. The molecule has 1 amide bonds. The van der Waals surface area contributed by atoms with Crippen molar-refractivity contribution in [1.29, 1.82) is 5.26 Å². The van der Waals surface area contributed by atoms with Gasteiger partial charge in [0.1, 0.15) is 23.4 Å². The molecule has 0 saturated heterocycles. The van der Waals surface area contributed by atoms with Crippen LogP contribution in [-0.4, -0.2) is 26.1 Å². The summed E-state index contributed by atoms with van der Waals surface area (Å²) in [5, 5.41) is 12.9. The van der Waals surface area contributed by atoms with Crippen LogP contribution in [0.1, 0.15) is 28.0 Å². The van der Waals surface area contributed by atoms with Gasteiger partial charge in [-0.1, -0.05) is 0 Å². The van der Waals surface area contributed by atoms with Crippen molar-refractivity contribution in [3.05, 3.63) is 45.8 Å². The number of halogens is 2. The van der Waals surface area contributed by atoms with Crippen LogP contribution in [0.5, 0.6) is 5.75 Å². The summed E-state index contributed by atoms with van der Waals surface area (Å²) in [7, 11) is 1.88. The molecular weight excluding hydrogens is 372 g/mol. The number of thiophene rings is 1. The molecule has 0 aliphatic heterocycles. The van der Waals surface area contributed by atoms with Gasteiger partial charge in [-0.2, -0.15) is 14.0 Å². The molecule has 1 aromatic carbocycles. The summed E-state index contributed by atoms with van der Waals surface area (Å²) in [5.74, 6) is -0.0412. The Kier molecular flexibility index (Phi) is 6.04. The molecule has 1 unspecified atom stereocenters. The first kappa shape index (κ1) is 19.3. The molecule has 1 aliphatic rings. The van der Waals surface area contributed by atoms with E-state index in [-0.39, 0.29) is 18.2 Å². The number of hydrogen-bond donors (Lipinski definition) is 2. The van der Waals surface area contributed by atoms with Gasteiger partial charge in [-0.25, -0.2) is 0 Å². The molecule has 27 heavy (non-hydrogen) atoms. The number of anilines is 1. The van der Waals surface area contributed by atoms with Crippen molar-refractivity contribution in [3.63, 3.8) is 0 Å². The standard InChI is InChI=1S/C19H19F2N3O2S/c1-24(10-12-5-7-13(8-6-12)26-19(20)21)11-17(25)23-18-15(9-22)14-3-2-4-16(14)27-18/h5-8,19H,2-4,10-11H2,1H3,(H,23,25)/p+1. The van der Waals surface area contributed by atoms with Crippen LogP contribution in [0.15, 0.2) is 24.3 Å². The summed E-state index contributed by atoms with van der Waals surface area (Å²) in [4.78, 5) is 14.5. The van der Waals surface area contributed by atoms with Crippen molar-refractivity contribution in [2.75, 3.05) is 18.9 Å². The number of ether oxygens (including phenoxy) is 1. The molecule has 1 heterocycles. The number of nitriles is 1. The van der Waals surface area contributed by atoms with Crippen molar-refractivity contribution in [2.45, 2.75) is 32.4 Å². The lowest BCUT2D eigenvalue weighted by atomic mass is 10.1. The van der Waals surface area contributed by atoms with Gasteiger partial charge in [-0.3, -0.25) is 4.79 Å². The van der Waals surface area contributed by atoms with Crippen molar-refractivity contribution < 1.29 is 23.2 Å². The average molecular weight is 392 g/mol. The van der Waals surface area contributed by atoms with E-state index in [1.807, 2.05) is 7.05 Å². The van der Waals surface area contributed by atoms with Gasteiger partial charge in [0.25, 0.3) is 5.91 Å². The summed E-state index contributed by atoms with van der Waals surface area (Å²) in [5.41, 5.74) is 2.60. The predicted molar refractivity (Wildman–Crippen MR) is 98.2 cm³/mol. The van der Waals surface area contributed by atoms with E-state index in [4.69, 9.17) is 0 Å². The van der Waals surface area contributed by atoms with Crippen LogP contribution >= 0.6 is 11.3 Å². The summed E-state index contributed by atoms with van der Waals surface area (Å²) in [6.45, 7) is -2.04.